The third-order valence-electron chi connectivity index (χ3n) is 7.10. The van der Waals surface area contributed by atoms with Crippen molar-refractivity contribution in [2.45, 2.75) is 57.7 Å². The number of piperidine rings is 1. The third-order valence-corrected chi connectivity index (χ3v) is 7.10. The summed E-state index contributed by atoms with van der Waals surface area (Å²) in [5.74, 6) is 1.93. The summed E-state index contributed by atoms with van der Waals surface area (Å²) in [6, 6.07) is 9.90. The molecule has 0 spiro atoms. The zero-order valence-corrected chi connectivity index (χ0v) is 16.8. The summed E-state index contributed by atoms with van der Waals surface area (Å²) in [7, 11) is 0. The maximum Gasteiger partial charge on any atom is 0.224 e. The van der Waals surface area contributed by atoms with Gasteiger partial charge >= 0.3 is 0 Å². The van der Waals surface area contributed by atoms with Crippen molar-refractivity contribution in [1.29, 1.82) is 0 Å². The normalized spacial score (nSPS) is 25.1. The second-order valence-corrected chi connectivity index (χ2v) is 8.85. The number of hydrogen-bond acceptors (Lipinski definition) is 3. The van der Waals surface area contributed by atoms with Crippen LogP contribution in [0.3, 0.4) is 0 Å². The van der Waals surface area contributed by atoms with Crippen LogP contribution in [0.2, 0.25) is 0 Å². The molecule has 1 amide bonds. The van der Waals surface area contributed by atoms with Crippen LogP contribution >= 0.6 is 0 Å². The van der Waals surface area contributed by atoms with Gasteiger partial charge in [-0.2, -0.15) is 0 Å². The lowest BCUT2D eigenvalue weighted by atomic mass is 9.94. The molecule has 0 radical (unpaired) electrons. The molecule has 4 heterocycles. The fourth-order valence-corrected chi connectivity index (χ4v) is 5.52. The zero-order valence-electron chi connectivity index (χ0n) is 16.8. The zero-order chi connectivity index (χ0) is 19.1. The second-order valence-electron chi connectivity index (χ2n) is 8.85. The van der Waals surface area contributed by atoms with Gasteiger partial charge < -0.3 is 9.47 Å². The maximum atomic E-state index is 13.0. The van der Waals surface area contributed by atoms with E-state index < -0.39 is 0 Å². The van der Waals surface area contributed by atoms with E-state index in [-0.39, 0.29) is 0 Å². The molecule has 0 unspecified atom stereocenters. The van der Waals surface area contributed by atoms with Crippen LogP contribution in [0.1, 0.15) is 36.2 Å². The molecule has 5 heteroatoms. The Kier molecular flexibility index (Phi) is 4.71. The first-order valence-electron chi connectivity index (χ1n) is 10.8. The van der Waals surface area contributed by atoms with Gasteiger partial charge in [0.15, 0.2) is 0 Å². The average molecular weight is 379 g/mol. The Bertz CT molecular complexity index is 835. The summed E-state index contributed by atoms with van der Waals surface area (Å²) >= 11 is 0. The van der Waals surface area contributed by atoms with Crippen LogP contribution in [0.25, 0.3) is 0 Å². The van der Waals surface area contributed by atoms with E-state index in [0.29, 0.717) is 30.3 Å². The van der Waals surface area contributed by atoms with E-state index in [0.717, 1.165) is 38.4 Å². The van der Waals surface area contributed by atoms with Crippen LogP contribution in [0.4, 0.5) is 0 Å². The van der Waals surface area contributed by atoms with Crippen LogP contribution in [-0.2, 0) is 24.2 Å². The van der Waals surface area contributed by atoms with Crippen LogP contribution in [0, 0.1) is 12.8 Å². The first kappa shape index (κ1) is 17.9. The molecule has 3 aliphatic heterocycles. The highest BCUT2D eigenvalue weighted by molar-refractivity contribution is 5.76. The molecular weight excluding hydrogens is 348 g/mol. The quantitative estimate of drug-likeness (QED) is 0.821. The average Bonchev–Trinajstić information content (AvgIpc) is 3.21. The summed E-state index contributed by atoms with van der Waals surface area (Å²) in [6.45, 7) is 5.88. The molecule has 0 saturated carbocycles. The lowest BCUT2D eigenvalue weighted by Crippen LogP contribution is -2.48. The number of benzene rings is 1. The van der Waals surface area contributed by atoms with Crippen molar-refractivity contribution < 1.29 is 4.79 Å². The van der Waals surface area contributed by atoms with Crippen molar-refractivity contribution in [2.24, 2.45) is 5.92 Å². The SMILES string of the molecule is Cc1nccn1CCC(=O)N1C[C@H]2CC[C@@H]1CN(C1Cc3ccccc3C1)C2. The number of carbonyl (C=O) groups is 1. The van der Waals surface area contributed by atoms with Gasteiger partial charge in [-0.3, -0.25) is 9.69 Å². The molecule has 2 atom stereocenters. The highest BCUT2D eigenvalue weighted by Gasteiger charge is 2.39. The van der Waals surface area contributed by atoms with Gasteiger partial charge in [-0.1, -0.05) is 24.3 Å². The molecule has 2 aromatic rings. The van der Waals surface area contributed by atoms with Gasteiger partial charge in [0, 0.05) is 57.1 Å². The number of aromatic nitrogens is 2. The Morgan fingerprint density at radius 1 is 1.07 bits per heavy atom. The van der Waals surface area contributed by atoms with E-state index in [4.69, 9.17) is 0 Å². The summed E-state index contributed by atoms with van der Waals surface area (Å²) in [5, 5.41) is 0. The van der Waals surface area contributed by atoms with E-state index in [1.54, 1.807) is 0 Å². The summed E-state index contributed by atoms with van der Waals surface area (Å²) in [4.78, 5) is 22.2. The smallest absolute Gasteiger partial charge is 0.224 e. The van der Waals surface area contributed by atoms with Crippen molar-refractivity contribution in [2.75, 3.05) is 19.6 Å². The van der Waals surface area contributed by atoms with Gasteiger partial charge in [0.05, 0.1) is 0 Å². The number of carbonyl (C=O) groups excluding carboxylic acids is 1. The number of aryl methyl sites for hydroxylation is 2. The Morgan fingerprint density at radius 3 is 2.57 bits per heavy atom. The molecule has 0 N–H and O–H groups in total. The van der Waals surface area contributed by atoms with E-state index in [1.165, 1.54) is 30.4 Å². The Labute approximate surface area is 167 Å². The number of fused-ring (bicyclic) bond motifs is 5. The number of hydrogen-bond donors (Lipinski definition) is 0. The minimum absolute atomic E-state index is 0.319. The Morgan fingerprint density at radius 2 is 1.86 bits per heavy atom. The minimum atomic E-state index is 0.319. The van der Waals surface area contributed by atoms with E-state index in [2.05, 4.69) is 43.6 Å². The van der Waals surface area contributed by atoms with Crippen molar-refractivity contribution in [1.82, 2.24) is 19.4 Å². The molecule has 1 aromatic heterocycles. The van der Waals surface area contributed by atoms with E-state index >= 15 is 0 Å². The standard InChI is InChI=1S/C23H30N4O/c1-17-24-9-11-25(17)10-8-23(28)27-15-18-6-7-21(27)16-26(14-18)22-12-19-4-2-3-5-20(19)13-22/h2-5,9,11,18,21-22H,6-8,10,12-16H2,1H3/t18-,21+/m0/s1. The number of nitrogens with zero attached hydrogens (tertiary/aromatic N) is 4. The Balaban J connectivity index is 1.24. The van der Waals surface area contributed by atoms with Gasteiger partial charge in [-0.15, -0.1) is 0 Å². The van der Waals surface area contributed by atoms with Crippen LogP contribution < -0.4 is 0 Å². The van der Waals surface area contributed by atoms with Crippen molar-refractivity contribution in [3.05, 3.63) is 53.6 Å². The topological polar surface area (TPSA) is 41.4 Å². The van der Waals surface area contributed by atoms with Gasteiger partial charge in [-0.05, 0) is 49.7 Å². The predicted octanol–water partition coefficient (Wildman–Crippen LogP) is 2.67. The van der Waals surface area contributed by atoms with Gasteiger partial charge in [-0.25, -0.2) is 4.98 Å². The van der Waals surface area contributed by atoms with Crippen molar-refractivity contribution in [3.8, 4) is 0 Å². The molecule has 28 heavy (non-hydrogen) atoms. The molecule has 4 aliphatic rings. The molecule has 3 saturated heterocycles. The second kappa shape index (κ2) is 7.36. The highest BCUT2D eigenvalue weighted by atomic mass is 16.2. The van der Waals surface area contributed by atoms with E-state index in [1.807, 2.05) is 19.3 Å². The van der Waals surface area contributed by atoms with Crippen molar-refractivity contribution >= 4 is 5.91 Å². The fourth-order valence-electron chi connectivity index (χ4n) is 5.52. The number of imidazole rings is 1. The predicted molar refractivity (Wildman–Crippen MR) is 109 cm³/mol. The molecule has 1 aliphatic carbocycles. The first-order chi connectivity index (χ1) is 13.7. The highest BCUT2D eigenvalue weighted by Crippen LogP contribution is 2.33. The number of rotatable bonds is 4. The largest absolute Gasteiger partial charge is 0.338 e. The summed E-state index contributed by atoms with van der Waals surface area (Å²) in [5.41, 5.74) is 3.04. The maximum absolute atomic E-state index is 13.0. The molecule has 6 rings (SSSR count). The van der Waals surface area contributed by atoms with Crippen molar-refractivity contribution in [3.63, 3.8) is 0 Å². The van der Waals surface area contributed by atoms with Crippen LogP contribution in [-0.4, -0.2) is 57.0 Å². The molecular formula is C23H30N4O. The molecule has 1 aromatic carbocycles. The Hall–Kier alpha value is -2.14. The van der Waals surface area contributed by atoms with Crippen LogP contribution in [0.15, 0.2) is 36.7 Å². The first-order valence-corrected chi connectivity index (χ1v) is 10.8. The van der Waals surface area contributed by atoms with Gasteiger partial charge in [0.2, 0.25) is 5.91 Å². The molecule has 3 fully saturated rings. The molecule has 2 bridgehead atoms. The van der Waals surface area contributed by atoms with Gasteiger partial charge in [0.25, 0.3) is 0 Å². The molecule has 5 nitrogen and oxygen atoms in total. The lowest BCUT2D eigenvalue weighted by molar-refractivity contribution is -0.135. The van der Waals surface area contributed by atoms with E-state index in [9.17, 15) is 4.79 Å². The van der Waals surface area contributed by atoms with Gasteiger partial charge in [0.1, 0.15) is 5.82 Å². The summed E-state index contributed by atoms with van der Waals surface area (Å²) in [6.07, 6.45) is 9.13. The van der Waals surface area contributed by atoms with Crippen LogP contribution in [0.5, 0.6) is 0 Å². The monoisotopic (exact) mass is 378 g/mol. The fraction of sp³-hybridized carbons (Fsp3) is 0.565. The summed E-state index contributed by atoms with van der Waals surface area (Å²) < 4.78 is 2.08. The molecule has 148 valence electrons. The minimum Gasteiger partial charge on any atom is -0.338 e. The lowest BCUT2D eigenvalue weighted by Gasteiger charge is -2.36. The number of amides is 1. The third kappa shape index (κ3) is 3.37.